The Bertz CT molecular complexity index is 1630. The van der Waals surface area contributed by atoms with E-state index in [1.807, 2.05) is 12.1 Å². The average Bonchev–Trinajstić information content (AvgIpc) is 3.33. The minimum Gasteiger partial charge on any atom is -0.406 e. The van der Waals surface area contributed by atoms with Crippen molar-refractivity contribution in [3.05, 3.63) is 87.9 Å². The number of benzene rings is 3. The van der Waals surface area contributed by atoms with Gasteiger partial charge in [-0.05, 0) is 84.7 Å². The predicted octanol–water partition coefficient (Wildman–Crippen LogP) is 8.00. The zero-order valence-electron chi connectivity index (χ0n) is 20.5. The highest BCUT2D eigenvalue weighted by Gasteiger charge is 2.32. The number of hydrogen-bond acceptors (Lipinski definition) is 5. The first-order chi connectivity index (χ1) is 19.4. The van der Waals surface area contributed by atoms with Gasteiger partial charge in [0.25, 0.3) is 0 Å². The Labute approximate surface area is 238 Å². The van der Waals surface area contributed by atoms with Crippen LogP contribution >= 0.6 is 23.8 Å². The van der Waals surface area contributed by atoms with E-state index in [4.69, 9.17) is 28.3 Å². The van der Waals surface area contributed by atoms with Crippen LogP contribution < -0.4 is 15.5 Å². The van der Waals surface area contributed by atoms with Gasteiger partial charge in [0.15, 0.2) is 10.9 Å². The average molecular weight is 611 g/mol. The summed E-state index contributed by atoms with van der Waals surface area (Å²) in [6.45, 7) is 0. The number of nitrogens with zero attached hydrogens (tertiary/aromatic N) is 2. The van der Waals surface area contributed by atoms with Crippen molar-refractivity contribution in [2.24, 2.45) is 5.10 Å². The number of aryl methyl sites for hydroxylation is 1. The van der Waals surface area contributed by atoms with E-state index in [2.05, 4.69) is 25.7 Å². The standard InChI is InChI=1S/C27H17ClF6N4O2S/c28-21-10-5-17(26(29,30)31)12-22(21)36-25(41)37-35-13-14-1-8-19-16(11-14)4-9-20-23(19)38-40-24(20)15-2-6-18(7-3-15)39-27(32,33)34/h1-3,5-8,10-13H,4,9H2,(H2,36,37,41). The summed E-state index contributed by atoms with van der Waals surface area (Å²) in [5.41, 5.74) is 6.26. The van der Waals surface area contributed by atoms with Crippen molar-refractivity contribution in [1.29, 1.82) is 0 Å². The van der Waals surface area contributed by atoms with Gasteiger partial charge in [0.05, 0.1) is 22.5 Å². The van der Waals surface area contributed by atoms with Gasteiger partial charge in [-0.2, -0.15) is 18.3 Å². The Balaban J connectivity index is 1.26. The van der Waals surface area contributed by atoms with Gasteiger partial charge in [-0.1, -0.05) is 28.9 Å². The zero-order chi connectivity index (χ0) is 29.4. The molecule has 0 saturated carbocycles. The Morgan fingerprint density at radius 1 is 1.00 bits per heavy atom. The molecule has 2 N–H and O–H groups in total. The molecular formula is C27H17ClF6N4O2S. The topological polar surface area (TPSA) is 71.7 Å². The first kappa shape index (κ1) is 28.4. The maximum atomic E-state index is 13.0. The lowest BCUT2D eigenvalue weighted by atomic mass is 9.87. The second kappa shape index (κ2) is 11.1. The molecule has 3 aromatic carbocycles. The normalized spacial score (nSPS) is 13.0. The smallest absolute Gasteiger partial charge is 0.406 e. The summed E-state index contributed by atoms with van der Waals surface area (Å²) in [6.07, 6.45) is -6.58. The highest BCUT2D eigenvalue weighted by Crippen LogP contribution is 2.39. The Kier molecular flexibility index (Phi) is 7.66. The van der Waals surface area contributed by atoms with E-state index in [1.165, 1.54) is 30.5 Å². The van der Waals surface area contributed by atoms with Gasteiger partial charge < -0.3 is 14.6 Å². The molecule has 6 nitrogen and oxygen atoms in total. The molecule has 1 aliphatic carbocycles. The van der Waals surface area contributed by atoms with Crippen LogP contribution in [0.5, 0.6) is 5.75 Å². The molecule has 0 unspecified atom stereocenters. The summed E-state index contributed by atoms with van der Waals surface area (Å²) >= 11 is 11.1. The summed E-state index contributed by atoms with van der Waals surface area (Å²) in [6, 6.07) is 13.8. The number of halogens is 7. The first-order valence-electron chi connectivity index (χ1n) is 11.8. The van der Waals surface area contributed by atoms with Gasteiger partial charge >= 0.3 is 12.5 Å². The van der Waals surface area contributed by atoms with E-state index in [9.17, 15) is 26.3 Å². The molecular weight excluding hydrogens is 594 g/mol. The van der Waals surface area contributed by atoms with E-state index in [1.54, 1.807) is 6.07 Å². The van der Waals surface area contributed by atoms with Crippen LogP contribution in [0.15, 0.2) is 70.3 Å². The molecule has 1 aliphatic rings. The van der Waals surface area contributed by atoms with Crippen LogP contribution in [0.4, 0.5) is 32.0 Å². The molecule has 41 heavy (non-hydrogen) atoms. The van der Waals surface area contributed by atoms with Crippen LogP contribution in [0.1, 0.15) is 22.3 Å². The van der Waals surface area contributed by atoms with Crippen LogP contribution in [0.25, 0.3) is 22.6 Å². The summed E-state index contributed by atoms with van der Waals surface area (Å²) < 4.78 is 85.8. The molecule has 4 aromatic rings. The quantitative estimate of drug-likeness (QED) is 0.103. The van der Waals surface area contributed by atoms with Crippen molar-refractivity contribution >= 4 is 40.8 Å². The van der Waals surface area contributed by atoms with Crippen LogP contribution in [0.3, 0.4) is 0 Å². The molecule has 0 saturated heterocycles. The lowest BCUT2D eigenvalue weighted by Crippen LogP contribution is -2.24. The third-order valence-corrected chi connectivity index (χ3v) is 6.61. The first-order valence-corrected chi connectivity index (χ1v) is 12.6. The maximum absolute atomic E-state index is 13.0. The number of fused-ring (bicyclic) bond motifs is 3. The van der Waals surface area contributed by atoms with Gasteiger partial charge in [-0.3, -0.25) is 5.43 Å². The van der Waals surface area contributed by atoms with E-state index < -0.39 is 18.1 Å². The van der Waals surface area contributed by atoms with Crippen LogP contribution in [-0.2, 0) is 19.0 Å². The summed E-state index contributed by atoms with van der Waals surface area (Å²) in [7, 11) is 0. The number of hydrazone groups is 1. The number of ether oxygens (including phenoxy) is 1. The number of hydrogen-bond donors (Lipinski definition) is 2. The summed E-state index contributed by atoms with van der Waals surface area (Å²) in [4.78, 5) is 0. The van der Waals surface area contributed by atoms with Gasteiger partial charge in [0.1, 0.15) is 11.4 Å². The van der Waals surface area contributed by atoms with Gasteiger partial charge in [-0.25, -0.2) is 0 Å². The largest absolute Gasteiger partial charge is 0.573 e. The van der Waals surface area contributed by atoms with Crippen LogP contribution in [0.2, 0.25) is 5.02 Å². The van der Waals surface area contributed by atoms with Crippen LogP contribution in [0, 0.1) is 0 Å². The molecule has 14 heteroatoms. The van der Waals surface area contributed by atoms with Gasteiger partial charge in [0.2, 0.25) is 0 Å². The molecule has 0 amide bonds. The van der Waals surface area contributed by atoms with Crippen molar-refractivity contribution in [3.63, 3.8) is 0 Å². The Hall–Kier alpha value is -4.10. The number of anilines is 1. The van der Waals surface area contributed by atoms with E-state index >= 15 is 0 Å². The highest BCUT2D eigenvalue weighted by atomic mass is 35.5. The zero-order valence-corrected chi connectivity index (χ0v) is 22.1. The van der Waals surface area contributed by atoms with Crippen molar-refractivity contribution < 1.29 is 35.6 Å². The summed E-state index contributed by atoms with van der Waals surface area (Å²) in [5, 5.41) is 10.8. The van der Waals surface area contributed by atoms with Crippen molar-refractivity contribution in [1.82, 2.24) is 10.6 Å². The van der Waals surface area contributed by atoms with E-state index in [-0.39, 0.29) is 21.6 Å². The highest BCUT2D eigenvalue weighted by molar-refractivity contribution is 7.80. The fourth-order valence-electron chi connectivity index (χ4n) is 4.29. The second-order valence-electron chi connectivity index (χ2n) is 8.84. The molecule has 5 rings (SSSR count). The van der Waals surface area contributed by atoms with E-state index in [0.29, 0.717) is 29.9 Å². The summed E-state index contributed by atoms with van der Waals surface area (Å²) in [5.74, 6) is 0.139. The lowest BCUT2D eigenvalue weighted by Gasteiger charge is -2.16. The molecule has 1 aromatic heterocycles. The number of rotatable bonds is 5. The van der Waals surface area contributed by atoms with Crippen molar-refractivity contribution in [2.75, 3.05) is 5.32 Å². The van der Waals surface area contributed by atoms with Crippen molar-refractivity contribution in [3.8, 4) is 28.3 Å². The van der Waals surface area contributed by atoms with Gasteiger partial charge in [-0.15, -0.1) is 13.2 Å². The predicted molar refractivity (Wildman–Crippen MR) is 145 cm³/mol. The number of alkyl halides is 6. The fraction of sp³-hybridized carbons (Fsp3) is 0.148. The Morgan fingerprint density at radius 3 is 2.46 bits per heavy atom. The van der Waals surface area contributed by atoms with Gasteiger partial charge in [0, 0.05) is 16.7 Å². The lowest BCUT2D eigenvalue weighted by molar-refractivity contribution is -0.274. The SMILES string of the molecule is FC(F)(F)Oc1ccc(-c2onc3c2CCc2cc(C=NNC(=S)Nc4cc(C(F)(F)F)ccc4Cl)ccc2-3)cc1. The third-order valence-electron chi connectivity index (χ3n) is 6.09. The molecule has 0 atom stereocenters. The maximum Gasteiger partial charge on any atom is 0.573 e. The van der Waals surface area contributed by atoms with Crippen molar-refractivity contribution in [2.45, 2.75) is 25.4 Å². The number of nitrogens with one attached hydrogen (secondary N) is 2. The van der Waals surface area contributed by atoms with E-state index in [0.717, 1.165) is 40.5 Å². The fourth-order valence-corrected chi connectivity index (χ4v) is 4.62. The minimum atomic E-state index is -4.78. The molecule has 1 heterocycles. The molecule has 0 bridgehead atoms. The minimum absolute atomic E-state index is 0.0173. The molecule has 0 aliphatic heterocycles. The number of thiocarbonyl (C=S) groups is 1. The monoisotopic (exact) mass is 610 g/mol. The molecule has 0 fully saturated rings. The Morgan fingerprint density at radius 2 is 1.76 bits per heavy atom. The molecule has 0 radical (unpaired) electrons. The molecule has 0 spiro atoms. The number of aromatic nitrogens is 1. The second-order valence-corrected chi connectivity index (χ2v) is 9.66. The molecule has 212 valence electrons. The van der Waals surface area contributed by atoms with Crippen LogP contribution in [-0.4, -0.2) is 22.8 Å². The third kappa shape index (κ3) is 6.63.